The monoisotopic (exact) mass is 367 g/mol. The molecule has 29 heavy (non-hydrogen) atoms. The molecule has 0 unspecified atom stereocenters. The van der Waals surface area contributed by atoms with Crippen molar-refractivity contribution in [3.8, 4) is 22.8 Å². The number of rotatable bonds is 2. The van der Waals surface area contributed by atoms with Gasteiger partial charge in [-0.15, -0.1) is 32.8 Å². The number of benzene rings is 2. The highest BCUT2D eigenvalue weighted by molar-refractivity contribution is 6.69. The molecule has 2 aromatic carbocycles. The highest BCUT2D eigenvalue weighted by Crippen LogP contribution is 2.16. The first-order valence-corrected chi connectivity index (χ1v) is 8.30. The minimum atomic E-state index is -0.217. The Morgan fingerprint density at radius 2 is 0.621 bits per heavy atom. The van der Waals surface area contributed by atoms with Gasteiger partial charge in [0.25, 0.3) is 0 Å². The maximum Gasteiger partial charge on any atom is 0.226 e. The lowest BCUT2D eigenvalue weighted by atomic mass is 9.60. The largest absolute Gasteiger partial charge is 0.226 e. The zero-order chi connectivity index (χ0) is 21.8. The molecule has 0 aliphatic heterocycles. The van der Waals surface area contributed by atoms with Crippen molar-refractivity contribution in [2.24, 2.45) is 0 Å². The molecule has 3 nitrogen and oxygen atoms in total. The van der Waals surface area contributed by atoms with Gasteiger partial charge >= 0.3 is 0 Å². The lowest BCUT2D eigenvalue weighted by Crippen LogP contribution is -2.55. The van der Waals surface area contributed by atoms with E-state index >= 15 is 0 Å². The summed E-state index contributed by atoms with van der Waals surface area (Å²) in [6, 6.07) is 0. The topological polar surface area (TPSA) is 38.7 Å². The van der Waals surface area contributed by atoms with Crippen LogP contribution in [0.5, 0.6) is 0 Å². The SMILES string of the molecule is [B]c1c([B])c([B])c(-c2nc(Cl)nc(-c3c([B])c([B])c([B])c([B])c3[B])n2)c([B])c1[B]. The van der Waals surface area contributed by atoms with E-state index in [1.54, 1.807) is 0 Å². The van der Waals surface area contributed by atoms with Gasteiger partial charge in [0.2, 0.25) is 5.28 Å². The first-order valence-electron chi connectivity index (χ1n) is 7.92. The molecular weight excluding hydrogens is 366 g/mol. The van der Waals surface area contributed by atoms with Crippen molar-refractivity contribution in [2.75, 3.05) is 0 Å². The molecule has 0 amide bonds. The van der Waals surface area contributed by atoms with E-state index in [-0.39, 0.29) is 82.7 Å². The smallest absolute Gasteiger partial charge is 0.208 e. The Morgan fingerprint density at radius 3 is 0.897 bits per heavy atom. The van der Waals surface area contributed by atoms with Crippen molar-refractivity contribution in [2.45, 2.75) is 0 Å². The second-order valence-corrected chi connectivity index (χ2v) is 6.48. The Balaban J connectivity index is 2.37. The number of halogens is 1. The fraction of sp³-hybridized carbons (Fsp3) is 0. The van der Waals surface area contributed by atoms with Crippen LogP contribution in [0, 0.1) is 0 Å². The molecule has 20 radical (unpaired) electrons. The Labute approximate surface area is 187 Å². The summed E-state index contributed by atoms with van der Waals surface area (Å²) in [5.74, 6) is -0.0812. The summed E-state index contributed by atoms with van der Waals surface area (Å²) in [5, 5.41) is -0.217. The van der Waals surface area contributed by atoms with Crippen LogP contribution in [0.15, 0.2) is 0 Å². The van der Waals surface area contributed by atoms with Gasteiger partial charge < -0.3 is 0 Å². The van der Waals surface area contributed by atoms with E-state index in [4.69, 9.17) is 90.1 Å². The van der Waals surface area contributed by atoms with Gasteiger partial charge in [0.05, 0.1) is 0 Å². The molecule has 1 aromatic heterocycles. The number of nitrogens with zero attached hydrogens (tertiary/aromatic N) is 3. The summed E-state index contributed by atoms with van der Waals surface area (Å²) in [6.45, 7) is 0. The normalized spacial score (nSPS) is 10.9. The number of aromatic nitrogens is 3. The van der Waals surface area contributed by atoms with Crippen molar-refractivity contribution in [1.29, 1.82) is 0 Å². The molecule has 3 aromatic rings. The fourth-order valence-corrected chi connectivity index (χ4v) is 2.91. The van der Waals surface area contributed by atoms with Gasteiger partial charge in [0.15, 0.2) is 11.6 Å². The zero-order valence-electron chi connectivity index (χ0n) is 15.0. The van der Waals surface area contributed by atoms with Gasteiger partial charge in [-0.3, -0.25) is 0 Å². The van der Waals surface area contributed by atoms with Gasteiger partial charge in [-0.1, -0.05) is 21.9 Å². The second-order valence-electron chi connectivity index (χ2n) is 6.14. The van der Waals surface area contributed by atoms with Crippen LogP contribution in [0.2, 0.25) is 5.28 Å². The van der Waals surface area contributed by atoms with E-state index in [2.05, 4.69) is 15.0 Å². The minimum Gasteiger partial charge on any atom is -0.208 e. The Bertz CT molecular complexity index is 1040. The summed E-state index contributed by atoms with van der Waals surface area (Å²) < 4.78 is 0. The third-order valence-electron chi connectivity index (χ3n) is 4.45. The number of hydrogen-bond donors (Lipinski definition) is 0. The Kier molecular flexibility index (Phi) is 6.02. The van der Waals surface area contributed by atoms with Crippen LogP contribution >= 0.6 is 11.6 Å². The Morgan fingerprint density at radius 1 is 0.379 bits per heavy atom. The van der Waals surface area contributed by atoms with Crippen molar-refractivity contribution in [3.63, 3.8) is 0 Å². The Hall–Kier alpha value is -1.61. The van der Waals surface area contributed by atoms with Crippen molar-refractivity contribution < 1.29 is 0 Å². The molecule has 0 aliphatic carbocycles. The number of hydrogen-bond acceptors (Lipinski definition) is 3. The van der Waals surface area contributed by atoms with E-state index in [0.717, 1.165) is 0 Å². The highest BCUT2D eigenvalue weighted by atomic mass is 35.5. The van der Waals surface area contributed by atoms with Crippen LogP contribution in [0.3, 0.4) is 0 Å². The van der Waals surface area contributed by atoms with Crippen LogP contribution in [0.25, 0.3) is 22.8 Å². The van der Waals surface area contributed by atoms with Gasteiger partial charge in [0, 0.05) is 11.1 Å². The van der Waals surface area contributed by atoms with E-state index in [9.17, 15) is 0 Å². The van der Waals surface area contributed by atoms with Crippen molar-refractivity contribution >= 4 is 145 Å². The summed E-state index contributed by atoms with van der Waals surface area (Å²) in [6.07, 6.45) is 0. The van der Waals surface area contributed by atoms with Crippen LogP contribution in [0.4, 0.5) is 0 Å². The van der Waals surface area contributed by atoms with E-state index in [1.807, 2.05) is 0 Å². The van der Waals surface area contributed by atoms with Crippen molar-refractivity contribution in [1.82, 2.24) is 15.0 Å². The van der Waals surface area contributed by atoms with Gasteiger partial charge in [0.1, 0.15) is 78.5 Å². The van der Waals surface area contributed by atoms with Crippen LogP contribution < -0.4 is 54.6 Å². The standard InChI is InChI=1S/C15B10ClN3/c16-3-1(4(17)8(21)11(24)7(3)20)13-27-14(29-15(26)28-13)2-5(18)9(22)12(25)10(23)6(2)19. The second kappa shape index (κ2) is 7.90. The molecule has 0 saturated carbocycles. The fourth-order valence-electron chi connectivity index (χ4n) is 2.75. The first kappa shape index (κ1) is 22.1. The molecule has 0 fully saturated rings. The molecule has 0 spiro atoms. The average Bonchev–Trinajstić information content (AvgIpc) is 2.67. The lowest BCUT2D eigenvalue weighted by molar-refractivity contribution is 1.07. The molecule has 0 N–H and O–H groups in total. The minimum absolute atomic E-state index is 0.0136. The first-order chi connectivity index (χ1) is 13.5. The summed E-state index contributed by atoms with van der Waals surface area (Å²) >= 11 is 6.08. The van der Waals surface area contributed by atoms with Gasteiger partial charge in [-0.05, 0) is 11.6 Å². The molecule has 14 heteroatoms. The third-order valence-corrected chi connectivity index (χ3v) is 4.62. The summed E-state index contributed by atoms with van der Waals surface area (Å²) in [4.78, 5) is 12.4. The summed E-state index contributed by atoms with van der Waals surface area (Å²) in [5.41, 5.74) is 0.442. The molecule has 0 bridgehead atoms. The lowest BCUT2D eigenvalue weighted by Gasteiger charge is -2.22. The summed E-state index contributed by atoms with van der Waals surface area (Å²) in [7, 11) is 59.5. The maximum absolute atomic E-state index is 6.08. The van der Waals surface area contributed by atoms with Crippen LogP contribution in [-0.2, 0) is 0 Å². The molecule has 112 valence electrons. The van der Waals surface area contributed by atoms with Gasteiger partial charge in [-0.25, -0.2) is 4.98 Å². The quantitative estimate of drug-likeness (QED) is 0.424. The van der Waals surface area contributed by atoms with Crippen LogP contribution in [-0.4, -0.2) is 93.4 Å². The molecule has 1 heterocycles. The molecule has 3 rings (SSSR count). The van der Waals surface area contributed by atoms with E-state index in [0.29, 0.717) is 0 Å². The molecule has 0 saturated heterocycles. The van der Waals surface area contributed by atoms with E-state index < -0.39 is 0 Å². The predicted octanol–water partition coefficient (Wildman–Crippen LogP) is -8.20. The predicted molar refractivity (Wildman–Crippen MR) is 130 cm³/mol. The average molecular weight is 366 g/mol. The maximum atomic E-state index is 6.08. The van der Waals surface area contributed by atoms with Crippen molar-refractivity contribution in [3.05, 3.63) is 5.28 Å². The van der Waals surface area contributed by atoms with E-state index in [1.165, 1.54) is 0 Å². The molecule has 0 atom stereocenters. The third kappa shape index (κ3) is 3.56. The highest BCUT2D eigenvalue weighted by Gasteiger charge is 2.19. The molecule has 0 aliphatic rings. The molecular formula is C15B10ClN3. The zero-order valence-corrected chi connectivity index (χ0v) is 15.7. The van der Waals surface area contributed by atoms with Crippen LogP contribution in [0.1, 0.15) is 0 Å². The van der Waals surface area contributed by atoms with Gasteiger partial charge in [-0.2, -0.15) is 9.97 Å².